The molecule has 130 valence electrons. The third-order valence-electron chi connectivity index (χ3n) is 4.21. The summed E-state index contributed by atoms with van der Waals surface area (Å²) in [4.78, 5) is 20.5. The molecule has 1 amide bonds. The summed E-state index contributed by atoms with van der Waals surface area (Å²) >= 11 is 3.04. The molecular weight excluding hydrogens is 360 g/mol. The topological polar surface area (TPSA) is 33.2 Å². The van der Waals surface area contributed by atoms with E-state index in [2.05, 4.69) is 26.0 Å². The Morgan fingerprint density at radius 1 is 1.08 bits per heavy atom. The van der Waals surface area contributed by atoms with Crippen LogP contribution in [0.15, 0.2) is 60.0 Å². The molecule has 4 rings (SSSR count). The van der Waals surface area contributed by atoms with Gasteiger partial charge in [0.1, 0.15) is 0 Å². The molecule has 0 saturated carbocycles. The van der Waals surface area contributed by atoms with Crippen molar-refractivity contribution in [2.24, 2.45) is 0 Å². The first-order valence-corrected chi connectivity index (χ1v) is 10.1. The van der Waals surface area contributed by atoms with E-state index in [1.54, 1.807) is 16.2 Å². The third kappa shape index (κ3) is 3.28. The van der Waals surface area contributed by atoms with Crippen LogP contribution in [0.3, 0.4) is 0 Å². The SMILES string of the molecule is Cc1cc(C)c2nc(N(Cc3ccccc3)C(=O)c3cccs3)sc2c1. The van der Waals surface area contributed by atoms with Crippen molar-refractivity contribution < 1.29 is 4.79 Å². The fourth-order valence-electron chi connectivity index (χ4n) is 3.00. The Labute approximate surface area is 160 Å². The van der Waals surface area contributed by atoms with E-state index in [9.17, 15) is 4.79 Å². The molecule has 0 aliphatic carbocycles. The Hall–Kier alpha value is -2.50. The summed E-state index contributed by atoms with van der Waals surface area (Å²) in [6.45, 7) is 4.67. The van der Waals surface area contributed by atoms with Gasteiger partial charge in [-0.15, -0.1) is 11.3 Å². The van der Waals surface area contributed by atoms with E-state index in [0.717, 1.165) is 31.4 Å². The molecule has 0 fully saturated rings. The van der Waals surface area contributed by atoms with Gasteiger partial charge in [0.25, 0.3) is 5.91 Å². The number of aromatic nitrogens is 1. The molecule has 0 unspecified atom stereocenters. The number of carbonyl (C=O) groups excluding carboxylic acids is 1. The summed E-state index contributed by atoms with van der Waals surface area (Å²) in [5.74, 6) is -0.00251. The standard InChI is InChI=1S/C21H18N2OS2/c1-14-11-15(2)19-18(12-14)26-21(22-19)23(13-16-7-4-3-5-8-16)20(24)17-9-6-10-25-17/h3-12H,13H2,1-2H3. The van der Waals surface area contributed by atoms with Gasteiger partial charge >= 0.3 is 0 Å². The number of nitrogens with zero attached hydrogens (tertiary/aromatic N) is 2. The maximum Gasteiger partial charge on any atom is 0.270 e. The second-order valence-corrected chi connectivity index (χ2v) is 8.24. The summed E-state index contributed by atoms with van der Waals surface area (Å²) < 4.78 is 1.12. The van der Waals surface area contributed by atoms with Gasteiger partial charge in [0.15, 0.2) is 5.13 Å². The molecule has 4 aromatic rings. The van der Waals surface area contributed by atoms with Gasteiger partial charge in [-0.3, -0.25) is 9.69 Å². The molecule has 0 aliphatic heterocycles. The normalized spacial score (nSPS) is 11.0. The zero-order valence-corrected chi connectivity index (χ0v) is 16.2. The molecule has 3 nitrogen and oxygen atoms in total. The van der Waals surface area contributed by atoms with Gasteiger partial charge in [-0.1, -0.05) is 53.8 Å². The summed E-state index contributed by atoms with van der Waals surface area (Å²) in [7, 11) is 0. The van der Waals surface area contributed by atoms with Gasteiger partial charge in [0.05, 0.1) is 21.6 Å². The molecule has 0 aliphatic rings. The number of hydrogen-bond acceptors (Lipinski definition) is 4. The first-order chi connectivity index (χ1) is 12.6. The Kier molecular flexibility index (Phi) is 4.57. The molecule has 2 heterocycles. The van der Waals surface area contributed by atoms with Crippen molar-refractivity contribution in [3.63, 3.8) is 0 Å². The Balaban J connectivity index is 1.79. The Bertz CT molecular complexity index is 1050. The summed E-state index contributed by atoms with van der Waals surface area (Å²) in [5, 5.41) is 2.68. The molecule has 5 heteroatoms. The second kappa shape index (κ2) is 7.02. The van der Waals surface area contributed by atoms with E-state index in [0.29, 0.717) is 6.54 Å². The lowest BCUT2D eigenvalue weighted by molar-refractivity contribution is 0.0989. The van der Waals surface area contributed by atoms with Crippen LogP contribution in [0.25, 0.3) is 10.2 Å². The molecular formula is C21H18N2OS2. The number of fused-ring (bicyclic) bond motifs is 1. The van der Waals surface area contributed by atoms with Crippen molar-refractivity contribution >= 4 is 43.9 Å². The summed E-state index contributed by atoms with van der Waals surface area (Å²) in [5.41, 5.74) is 4.42. The maximum atomic E-state index is 13.1. The average Bonchev–Trinajstić information content (AvgIpc) is 3.29. The van der Waals surface area contributed by atoms with Crippen LogP contribution in [0, 0.1) is 13.8 Å². The van der Waals surface area contributed by atoms with E-state index in [-0.39, 0.29) is 5.91 Å². The van der Waals surface area contributed by atoms with Crippen LogP contribution >= 0.6 is 22.7 Å². The number of thiophene rings is 1. The van der Waals surface area contributed by atoms with Crippen LogP contribution in [0.4, 0.5) is 5.13 Å². The van der Waals surface area contributed by atoms with Gasteiger partial charge in [0.2, 0.25) is 0 Å². The van der Waals surface area contributed by atoms with Crippen molar-refractivity contribution in [1.29, 1.82) is 0 Å². The van der Waals surface area contributed by atoms with E-state index in [1.165, 1.54) is 16.9 Å². The summed E-state index contributed by atoms with van der Waals surface area (Å²) in [6, 6.07) is 18.1. The number of rotatable bonds is 4. The minimum atomic E-state index is -0.00251. The van der Waals surface area contributed by atoms with Crippen LogP contribution in [0.1, 0.15) is 26.4 Å². The highest BCUT2D eigenvalue weighted by molar-refractivity contribution is 7.22. The lowest BCUT2D eigenvalue weighted by Crippen LogP contribution is -2.29. The zero-order chi connectivity index (χ0) is 18.1. The lowest BCUT2D eigenvalue weighted by atomic mass is 10.1. The lowest BCUT2D eigenvalue weighted by Gasteiger charge is -2.19. The van der Waals surface area contributed by atoms with Gasteiger partial charge in [-0.05, 0) is 48.1 Å². The first-order valence-electron chi connectivity index (χ1n) is 8.39. The van der Waals surface area contributed by atoms with Crippen LogP contribution in [-0.4, -0.2) is 10.9 Å². The molecule has 0 spiro atoms. The van der Waals surface area contributed by atoms with E-state index >= 15 is 0 Å². The number of benzene rings is 2. The molecule has 26 heavy (non-hydrogen) atoms. The molecule has 0 bridgehead atoms. The predicted molar refractivity (Wildman–Crippen MR) is 110 cm³/mol. The third-order valence-corrected chi connectivity index (χ3v) is 6.09. The molecule has 0 atom stereocenters. The highest BCUT2D eigenvalue weighted by atomic mass is 32.1. The quantitative estimate of drug-likeness (QED) is 0.448. The van der Waals surface area contributed by atoms with Crippen molar-refractivity contribution in [1.82, 2.24) is 4.98 Å². The molecule has 0 radical (unpaired) electrons. The number of aryl methyl sites for hydroxylation is 2. The van der Waals surface area contributed by atoms with Gasteiger partial charge < -0.3 is 0 Å². The van der Waals surface area contributed by atoms with E-state index < -0.39 is 0 Å². The van der Waals surface area contributed by atoms with E-state index in [1.807, 2.05) is 47.8 Å². The van der Waals surface area contributed by atoms with Gasteiger partial charge in [-0.2, -0.15) is 0 Å². The van der Waals surface area contributed by atoms with Crippen molar-refractivity contribution in [2.75, 3.05) is 4.90 Å². The van der Waals surface area contributed by atoms with Crippen molar-refractivity contribution in [2.45, 2.75) is 20.4 Å². The molecule has 2 aromatic heterocycles. The minimum absolute atomic E-state index is 0.00251. The van der Waals surface area contributed by atoms with Crippen LogP contribution in [0.5, 0.6) is 0 Å². The fourth-order valence-corrected chi connectivity index (χ4v) is 4.81. The summed E-state index contributed by atoms with van der Waals surface area (Å²) in [6.07, 6.45) is 0. The molecule has 0 saturated heterocycles. The monoisotopic (exact) mass is 378 g/mol. The minimum Gasteiger partial charge on any atom is -0.279 e. The fraction of sp³-hybridized carbons (Fsp3) is 0.143. The van der Waals surface area contributed by atoms with Crippen LogP contribution < -0.4 is 4.90 Å². The predicted octanol–water partition coefficient (Wildman–Crippen LogP) is 5.82. The zero-order valence-electron chi connectivity index (χ0n) is 14.6. The number of anilines is 1. The molecule has 0 N–H and O–H groups in total. The van der Waals surface area contributed by atoms with Crippen LogP contribution in [-0.2, 0) is 6.54 Å². The first kappa shape index (κ1) is 16.9. The maximum absolute atomic E-state index is 13.1. The van der Waals surface area contributed by atoms with Crippen LogP contribution in [0.2, 0.25) is 0 Å². The average molecular weight is 379 g/mol. The smallest absolute Gasteiger partial charge is 0.270 e. The number of amides is 1. The number of thiazole rings is 1. The highest BCUT2D eigenvalue weighted by Crippen LogP contribution is 2.33. The van der Waals surface area contributed by atoms with Gasteiger partial charge in [0, 0.05) is 0 Å². The van der Waals surface area contributed by atoms with Gasteiger partial charge in [-0.25, -0.2) is 4.98 Å². The van der Waals surface area contributed by atoms with Crippen molar-refractivity contribution in [3.05, 3.63) is 81.5 Å². The highest BCUT2D eigenvalue weighted by Gasteiger charge is 2.22. The number of hydrogen-bond donors (Lipinski definition) is 0. The van der Waals surface area contributed by atoms with Crippen molar-refractivity contribution in [3.8, 4) is 0 Å². The largest absolute Gasteiger partial charge is 0.279 e. The Morgan fingerprint density at radius 3 is 2.62 bits per heavy atom. The second-order valence-electron chi connectivity index (χ2n) is 6.28. The number of carbonyl (C=O) groups is 1. The molecule has 2 aromatic carbocycles. The van der Waals surface area contributed by atoms with E-state index in [4.69, 9.17) is 4.98 Å². The Morgan fingerprint density at radius 2 is 1.88 bits per heavy atom.